The van der Waals surface area contributed by atoms with Crippen molar-refractivity contribution < 1.29 is 0 Å². The molecule has 0 aromatic heterocycles. The summed E-state index contributed by atoms with van der Waals surface area (Å²) >= 11 is 1.89. The predicted octanol–water partition coefficient (Wildman–Crippen LogP) is 4.83. The molecular formula is C21H29Cl2N3S. The van der Waals surface area contributed by atoms with E-state index in [0.29, 0.717) is 12.1 Å². The fourth-order valence-corrected chi connectivity index (χ4v) is 4.07. The van der Waals surface area contributed by atoms with Crippen molar-refractivity contribution >= 4 is 41.7 Å². The predicted molar refractivity (Wildman–Crippen MR) is 124 cm³/mol. The SMILES string of the molecule is CN[C@@H](C)Cc1ccccc1.Cl.Cl.c1ccc(C2CN3CCSC3=N2)cc1. The first kappa shape index (κ1) is 23.8. The van der Waals surface area contributed by atoms with Gasteiger partial charge in [0.2, 0.25) is 0 Å². The number of thioether (sulfide) groups is 1. The molecule has 148 valence electrons. The lowest BCUT2D eigenvalue weighted by molar-refractivity contribution is 0.464. The minimum absolute atomic E-state index is 0. The summed E-state index contributed by atoms with van der Waals surface area (Å²) in [6, 6.07) is 22.0. The molecule has 1 saturated heterocycles. The van der Waals surface area contributed by atoms with Gasteiger partial charge in [0.1, 0.15) is 0 Å². The molecule has 27 heavy (non-hydrogen) atoms. The molecule has 2 atom stereocenters. The molecule has 1 fully saturated rings. The summed E-state index contributed by atoms with van der Waals surface area (Å²) in [7, 11) is 1.99. The third-order valence-electron chi connectivity index (χ3n) is 4.58. The van der Waals surface area contributed by atoms with Gasteiger partial charge < -0.3 is 10.2 Å². The molecule has 0 saturated carbocycles. The summed E-state index contributed by atoms with van der Waals surface area (Å²) in [5.41, 5.74) is 2.74. The monoisotopic (exact) mass is 425 g/mol. The Balaban J connectivity index is 0.000000259. The molecule has 0 amide bonds. The summed E-state index contributed by atoms with van der Waals surface area (Å²) in [4.78, 5) is 7.12. The number of fused-ring (bicyclic) bond motifs is 1. The van der Waals surface area contributed by atoms with Gasteiger partial charge >= 0.3 is 0 Å². The molecule has 4 rings (SSSR count). The fraction of sp³-hybridized carbons (Fsp3) is 0.381. The molecule has 2 aromatic carbocycles. The van der Waals surface area contributed by atoms with Crippen molar-refractivity contribution in [2.24, 2.45) is 4.99 Å². The van der Waals surface area contributed by atoms with E-state index in [0.717, 1.165) is 13.0 Å². The first-order valence-corrected chi connectivity index (χ1v) is 9.96. The summed E-state index contributed by atoms with van der Waals surface area (Å²) < 4.78 is 0. The van der Waals surface area contributed by atoms with Crippen LogP contribution in [0.3, 0.4) is 0 Å². The van der Waals surface area contributed by atoms with Crippen LogP contribution in [-0.2, 0) is 6.42 Å². The maximum absolute atomic E-state index is 4.73. The van der Waals surface area contributed by atoms with Crippen LogP contribution in [0.1, 0.15) is 24.1 Å². The molecule has 2 aliphatic heterocycles. The average molecular weight is 426 g/mol. The normalized spacial score (nSPS) is 18.2. The zero-order valence-electron chi connectivity index (χ0n) is 15.9. The summed E-state index contributed by atoms with van der Waals surface area (Å²) in [6.07, 6.45) is 1.11. The molecule has 2 aromatic rings. The molecule has 0 spiro atoms. The number of nitrogens with one attached hydrogen (secondary N) is 1. The van der Waals surface area contributed by atoms with E-state index in [1.165, 1.54) is 28.6 Å². The molecule has 0 bridgehead atoms. The Bertz CT molecular complexity index is 682. The van der Waals surface area contributed by atoms with Gasteiger partial charge in [-0.15, -0.1) is 24.8 Å². The van der Waals surface area contributed by atoms with E-state index in [1.807, 2.05) is 24.9 Å². The van der Waals surface area contributed by atoms with Gasteiger partial charge in [-0.2, -0.15) is 0 Å². The second-order valence-electron chi connectivity index (χ2n) is 6.51. The van der Waals surface area contributed by atoms with E-state index in [-0.39, 0.29) is 24.8 Å². The molecule has 0 radical (unpaired) electrons. The average Bonchev–Trinajstić information content (AvgIpc) is 3.26. The van der Waals surface area contributed by atoms with Crippen LogP contribution < -0.4 is 5.32 Å². The molecule has 2 aliphatic rings. The highest BCUT2D eigenvalue weighted by atomic mass is 35.5. The Morgan fingerprint density at radius 1 is 1.07 bits per heavy atom. The number of hydrogen-bond acceptors (Lipinski definition) is 4. The van der Waals surface area contributed by atoms with E-state index < -0.39 is 0 Å². The second-order valence-corrected chi connectivity index (χ2v) is 7.57. The number of nitrogens with zero attached hydrogens (tertiary/aromatic N) is 2. The Hall–Kier alpha value is -1.20. The number of halogens is 2. The van der Waals surface area contributed by atoms with Crippen LogP contribution in [0.15, 0.2) is 65.7 Å². The number of aliphatic imine (C=N–C) groups is 1. The van der Waals surface area contributed by atoms with E-state index in [1.54, 1.807) is 0 Å². The van der Waals surface area contributed by atoms with E-state index in [4.69, 9.17) is 4.99 Å². The second kappa shape index (κ2) is 12.3. The minimum Gasteiger partial charge on any atom is -0.348 e. The topological polar surface area (TPSA) is 27.6 Å². The number of benzene rings is 2. The van der Waals surface area contributed by atoms with E-state index >= 15 is 0 Å². The molecule has 1 N–H and O–H groups in total. The summed E-state index contributed by atoms with van der Waals surface area (Å²) in [5.74, 6) is 1.21. The molecule has 1 unspecified atom stereocenters. The van der Waals surface area contributed by atoms with Gasteiger partial charge in [-0.3, -0.25) is 4.99 Å². The number of hydrogen-bond donors (Lipinski definition) is 1. The summed E-state index contributed by atoms with van der Waals surface area (Å²) in [6.45, 7) is 4.44. The summed E-state index contributed by atoms with van der Waals surface area (Å²) in [5, 5.41) is 4.46. The van der Waals surface area contributed by atoms with Crippen LogP contribution in [0, 0.1) is 0 Å². The van der Waals surface area contributed by atoms with Gasteiger partial charge in [0.25, 0.3) is 0 Å². The van der Waals surface area contributed by atoms with Crippen LogP contribution in [0.4, 0.5) is 0 Å². The van der Waals surface area contributed by atoms with Crippen LogP contribution in [-0.4, -0.2) is 42.0 Å². The minimum atomic E-state index is 0. The lowest BCUT2D eigenvalue weighted by Crippen LogP contribution is -2.23. The van der Waals surface area contributed by atoms with Gasteiger partial charge in [-0.05, 0) is 31.5 Å². The van der Waals surface area contributed by atoms with Gasteiger partial charge in [-0.1, -0.05) is 72.4 Å². The zero-order valence-corrected chi connectivity index (χ0v) is 18.3. The quantitative estimate of drug-likeness (QED) is 0.759. The number of amidine groups is 1. The molecule has 2 heterocycles. The highest BCUT2D eigenvalue weighted by Gasteiger charge is 2.29. The third kappa shape index (κ3) is 7.04. The van der Waals surface area contributed by atoms with E-state index in [2.05, 4.69) is 71.7 Å². The zero-order chi connectivity index (χ0) is 17.5. The standard InChI is InChI=1S/C11H12N2S.C10H15N.2ClH/c1-2-4-9(5-3-1)10-8-13-6-7-14-11(13)12-10;1-9(11-2)8-10-6-4-3-5-7-10;;/h1-5,10H,6-8H2;3-7,9,11H,8H2,1-2H3;2*1H/t;9-;;/m.0../s1. The first-order valence-electron chi connectivity index (χ1n) is 8.98. The van der Waals surface area contributed by atoms with Crippen LogP contribution >= 0.6 is 36.6 Å². The highest BCUT2D eigenvalue weighted by Crippen LogP contribution is 2.31. The largest absolute Gasteiger partial charge is 0.348 e. The van der Waals surface area contributed by atoms with E-state index in [9.17, 15) is 0 Å². The van der Waals surface area contributed by atoms with Gasteiger partial charge in [-0.25, -0.2) is 0 Å². The Morgan fingerprint density at radius 2 is 1.70 bits per heavy atom. The van der Waals surface area contributed by atoms with Crippen molar-refractivity contribution in [3.63, 3.8) is 0 Å². The molecular weight excluding hydrogens is 397 g/mol. The maximum atomic E-state index is 4.73. The Labute approximate surface area is 179 Å². The smallest absolute Gasteiger partial charge is 0.160 e. The third-order valence-corrected chi connectivity index (χ3v) is 5.59. The highest BCUT2D eigenvalue weighted by molar-refractivity contribution is 8.14. The number of rotatable bonds is 4. The molecule has 0 aliphatic carbocycles. The lowest BCUT2D eigenvalue weighted by atomic mass is 10.1. The van der Waals surface area contributed by atoms with Crippen molar-refractivity contribution in [2.45, 2.75) is 25.4 Å². The van der Waals surface area contributed by atoms with Crippen molar-refractivity contribution in [1.29, 1.82) is 0 Å². The van der Waals surface area contributed by atoms with Crippen LogP contribution in [0.25, 0.3) is 0 Å². The Kier molecular flexibility index (Phi) is 10.9. The lowest BCUT2D eigenvalue weighted by Gasteiger charge is -2.12. The first-order chi connectivity index (χ1) is 12.3. The Morgan fingerprint density at radius 3 is 2.30 bits per heavy atom. The number of likely N-dealkylation sites (N-methyl/N-ethyl adjacent to an activating group) is 1. The van der Waals surface area contributed by atoms with Crippen molar-refractivity contribution in [2.75, 3.05) is 25.9 Å². The van der Waals surface area contributed by atoms with Gasteiger partial charge in [0.05, 0.1) is 6.04 Å². The maximum Gasteiger partial charge on any atom is 0.160 e. The van der Waals surface area contributed by atoms with Crippen molar-refractivity contribution in [3.8, 4) is 0 Å². The van der Waals surface area contributed by atoms with Gasteiger partial charge in [0, 0.05) is 24.9 Å². The molecule has 6 heteroatoms. The van der Waals surface area contributed by atoms with Crippen molar-refractivity contribution in [1.82, 2.24) is 10.2 Å². The van der Waals surface area contributed by atoms with Gasteiger partial charge in [0.15, 0.2) is 5.17 Å². The molecule has 3 nitrogen and oxygen atoms in total. The van der Waals surface area contributed by atoms with Crippen LogP contribution in [0.5, 0.6) is 0 Å². The fourth-order valence-electron chi connectivity index (χ4n) is 3.03. The van der Waals surface area contributed by atoms with Crippen LogP contribution in [0.2, 0.25) is 0 Å². The van der Waals surface area contributed by atoms with Crippen molar-refractivity contribution in [3.05, 3.63) is 71.8 Å².